The second-order valence-electron chi connectivity index (χ2n) is 7.81. The van der Waals surface area contributed by atoms with Crippen LogP contribution in [0, 0.1) is 6.92 Å². The molecule has 4 rings (SSSR count). The van der Waals surface area contributed by atoms with Crippen LogP contribution in [0.15, 0.2) is 58.2 Å². The summed E-state index contributed by atoms with van der Waals surface area (Å²) in [6.07, 6.45) is 7.01. The van der Waals surface area contributed by atoms with Gasteiger partial charge < -0.3 is 9.73 Å². The fraction of sp³-hybridized carbons (Fsp3) is 0.375. The Morgan fingerprint density at radius 1 is 1.19 bits per heavy atom. The van der Waals surface area contributed by atoms with Crippen LogP contribution in [0.4, 0.5) is 0 Å². The molecule has 1 amide bonds. The molecule has 3 aromatic rings. The maximum absolute atomic E-state index is 13.1. The number of furan rings is 1. The smallest absolute Gasteiger partial charge is 0.255 e. The van der Waals surface area contributed by atoms with Crippen molar-refractivity contribution in [2.75, 3.05) is 19.3 Å². The average Bonchev–Trinajstić information content (AvgIpc) is 3.33. The van der Waals surface area contributed by atoms with E-state index >= 15 is 0 Å². The molecule has 1 atom stereocenters. The van der Waals surface area contributed by atoms with Crippen LogP contribution >= 0.6 is 11.8 Å². The van der Waals surface area contributed by atoms with Gasteiger partial charge in [-0.25, -0.2) is 9.97 Å². The Morgan fingerprint density at radius 3 is 2.77 bits per heavy atom. The molecule has 1 unspecified atom stereocenters. The molecule has 1 saturated heterocycles. The average molecular weight is 437 g/mol. The fourth-order valence-corrected chi connectivity index (χ4v) is 4.71. The Hall–Kier alpha value is -2.64. The lowest BCUT2D eigenvalue weighted by Crippen LogP contribution is -2.46. The van der Waals surface area contributed by atoms with E-state index in [9.17, 15) is 4.79 Å². The molecular weight excluding hydrogens is 408 g/mol. The third-order valence-electron chi connectivity index (χ3n) is 5.69. The van der Waals surface area contributed by atoms with Crippen LogP contribution in [-0.2, 0) is 6.54 Å². The summed E-state index contributed by atoms with van der Waals surface area (Å²) < 4.78 is 5.42. The van der Waals surface area contributed by atoms with E-state index in [1.54, 1.807) is 12.3 Å². The zero-order chi connectivity index (χ0) is 21.6. The van der Waals surface area contributed by atoms with Gasteiger partial charge in [0.2, 0.25) is 0 Å². The quantitative estimate of drug-likeness (QED) is 0.433. The highest BCUT2D eigenvalue weighted by molar-refractivity contribution is 7.98. The van der Waals surface area contributed by atoms with E-state index in [1.807, 2.05) is 25.3 Å². The summed E-state index contributed by atoms with van der Waals surface area (Å²) in [5.74, 6) is 0.993. The van der Waals surface area contributed by atoms with E-state index in [4.69, 9.17) is 4.42 Å². The Labute approximate surface area is 187 Å². The normalized spacial score (nSPS) is 16.9. The van der Waals surface area contributed by atoms with Gasteiger partial charge in [0.1, 0.15) is 5.03 Å². The first kappa shape index (κ1) is 21.6. The van der Waals surface area contributed by atoms with Crippen LogP contribution in [0.1, 0.15) is 40.9 Å². The van der Waals surface area contributed by atoms with Gasteiger partial charge in [0, 0.05) is 19.1 Å². The number of likely N-dealkylation sites (tertiary alicyclic amines) is 1. The lowest BCUT2D eigenvalue weighted by molar-refractivity contribution is 0.0903. The minimum atomic E-state index is -0.113. The van der Waals surface area contributed by atoms with Gasteiger partial charge in [-0.3, -0.25) is 9.69 Å². The van der Waals surface area contributed by atoms with Crippen molar-refractivity contribution in [1.82, 2.24) is 20.2 Å². The highest BCUT2D eigenvalue weighted by Gasteiger charge is 2.25. The van der Waals surface area contributed by atoms with Gasteiger partial charge in [0.25, 0.3) is 5.91 Å². The van der Waals surface area contributed by atoms with Crippen molar-refractivity contribution in [3.63, 3.8) is 0 Å². The molecule has 7 heteroatoms. The maximum atomic E-state index is 13.1. The number of carbonyl (C=O) groups is 1. The third kappa shape index (κ3) is 5.17. The SMILES string of the molecule is CSc1nc(-c2ccco2)nc(C)c1C(=O)NCC1CCCCN1Cc1ccccc1. The molecule has 1 aromatic carbocycles. The minimum Gasteiger partial charge on any atom is -0.461 e. The van der Waals surface area contributed by atoms with Gasteiger partial charge >= 0.3 is 0 Å². The maximum Gasteiger partial charge on any atom is 0.255 e. The Morgan fingerprint density at radius 2 is 2.03 bits per heavy atom. The number of hydrogen-bond donors (Lipinski definition) is 1. The van der Waals surface area contributed by atoms with Crippen molar-refractivity contribution in [3.05, 3.63) is 65.5 Å². The van der Waals surface area contributed by atoms with Gasteiger partial charge in [-0.15, -0.1) is 11.8 Å². The molecule has 0 spiro atoms. The molecule has 0 aliphatic carbocycles. The predicted molar refractivity (Wildman–Crippen MR) is 123 cm³/mol. The summed E-state index contributed by atoms with van der Waals surface area (Å²) in [6.45, 7) is 4.45. The minimum absolute atomic E-state index is 0.113. The number of aromatic nitrogens is 2. The lowest BCUT2D eigenvalue weighted by Gasteiger charge is -2.36. The molecule has 162 valence electrons. The molecule has 3 heterocycles. The molecule has 0 bridgehead atoms. The first-order valence-electron chi connectivity index (χ1n) is 10.7. The number of rotatable bonds is 7. The first-order chi connectivity index (χ1) is 15.2. The molecule has 2 aromatic heterocycles. The Bertz CT molecular complexity index is 1010. The Kier molecular flexibility index (Phi) is 7.04. The summed E-state index contributed by atoms with van der Waals surface area (Å²) in [5.41, 5.74) is 2.52. The predicted octanol–water partition coefficient (Wildman–Crippen LogP) is 4.55. The second-order valence-corrected chi connectivity index (χ2v) is 8.60. The molecule has 1 N–H and O–H groups in total. The zero-order valence-corrected chi connectivity index (χ0v) is 18.8. The van der Waals surface area contributed by atoms with Gasteiger partial charge in [-0.2, -0.15) is 0 Å². The molecule has 6 nitrogen and oxygen atoms in total. The molecule has 0 radical (unpaired) electrons. The number of nitrogens with one attached hydrogen (secondary N) is 1. The highest BCUT2D eigenvalue weighted by atomic mass is 32.2. The van der Waals surface area contributed by atoms with Crippen LogP contribution < -0.4 is 5.32 Å². The molecule has 1 aliphatic heterocycles. The van der Waals surface area contributed by atoms with Crippen molar-refractivity contribution in [2.24, 2.45) is 0 Å². The number of thioether (sulfide) groups is 1. The van der Waals surface area contributed by atoms with E-state index < -0.39 is 0 Å². The van der Waals surface area contributed by atoms with E-state index in [2.05, 4.69) is 44.5 Å². The van der Waals surface area contributed by atoms with Crippen molar-refractivity contribution in [2.45, 2.75) is 43.8 Å². The monoisotopic (exact) mass is 436 g/mol. The molecule has 0 saturated carbocycles. The molecular formula is C24H28N4O2S. The van der Waals surface area contributed by atoms with Gasteiger partial charge in [0.05, 0.1) is 17.5 Å². The van der Waals surface area contributed by atoms with Gasteiger partial charge in [-0.05, 0) is 50.3 Å². The number of piperidine rings is 1. The number of benzene rings is 1. The highest BCUT2D eigenvalue weighted by Crippen LogP contribution is 2.25. The van der Waals surface area contributed by atoms with Crippen LogP contribution in [-0.4, -0.2) is 46.2 Å². The van der Waals surface area contributed by atoms with Crippen molar-refractivity contribution < 1.29 is 9.21 Å². The van der Waals surface area contributed by atoms with Crippen molar-refractivity contribution in [3.8, 4) is 11.6 Å². The van der Waals surface area contributed by atoms with Gasteiger partial charge in [0.15, 0.2) is 11.6 Å². The number of amides is 1. The Balaban J connectivity index is 1.46. The van der Waals surface area contributed by atoms with Crippen LogP contribution in [0.2, 0.25) is 0 Å². The van der Waals surface area contributed by atoms with E-state index in [0.29, 0.717) is 40.5 Å². The fourth-order valence-electron chi connectivity index (χ4n) is 4.09. The summed E-state index contributed by atoms with van der Waals surface area (Å²) in [5, 5.41) is 3.82. The van der Waals surface area contributed by atoms with Crippen LogP contribution in [0.3, 0.4) is 0 Å². The van der Waals surface area contributed by atoms with Crippen LogP contribution in [0.25, 0.3) is 11.6 Å². The van der Waals surface area contributed by atoms with Crippen molar-refractivity contribution >= 4 is 17.7 Å². The molecule has 1 aliphatic rings. The van der Waals surface area contributed by atoms with Gasteiger partial charge in [-0.1, -0.05) is 36.8 Å². The number of nitrogens with zero attached hydrogens (tertiary/aromatic N) is 3. The number of hydrogen-bond acceptors (Lipinski definition) is 6. The third-order valence-corrected chi connectivity index (χ3v) is 6.38. The molecule has 31 heavy (non-hydrogen) atoms. The summed E-state index contributed by atoms with van der Waals surface area (Å²) in [4.78, 5) is 24.7. The van der Waals surface area contributed by atoms with E-state index in [-0.39, 0.29) is 5.91 Å². The van der Waals surface area contributed by atoms with E-state index in [0.717, 1.165) is 19.5 Å². The van der Waals surface area contributed by atoms with Crippen LogP contribution in [0.5, 0.6) is 0 Å². The molecule has 1 fully saturated rings. The van der Waals surface area contributed by atoms with Crippen molar-refractivity contribution in [1.29, 1.82) is 0 Å². The zero-order valence-electron chi connectivity index (χ0n) is 18.0. The van der Waals surface area contributed by atoms with E-state index in [1.165, 1.54) is 30.2 Å². The first-order valence-corrected chi connectivity index (χ1v) is 11.9. The summed E-state index contributed by atoms with van der Waals surface area (Å²) in [6, 6.07) is 14.5. The summed E-state index contributed by atoms with van der Waals surface area (Å²) >= 11 is 1.45. The summed E-state index contributed by atoms with van der Waals surface area (Å²) in [7, 11) is 0. The lowest BCUT2D eigenvalue weighted by atomic mass is 10.0. The second kappa shape index (κ2) is 10.1. The standard InChI is InChI=1S/C24H28N4O2S/c1-17-21(24(31-2)27-22(26-17)20-12-8-14-30-20)23(29)25-15-19-11-6-7-13-28(19)16-18-9-4-3-5-10-18/h3-5,8-10,12,14,19H,6-7,11,13,15-16H2,1-2H3,(H,25,29). The largest absolute Gasteiger partial charge is 0.461 e. The number of carbonyl (C=O) groups excluding carboxylic acids is 1. The number of aryl methyl sites for hydroxylation is 1. The topological polar surface area (TPSA) is 71.3 Å².